The average molecular weight is 529 g/mol. The molecule has 0 saturated carbocycles. The summed E-state index contributed by atoms with van der Waals surface area (Å²) in [5, 5.41) is 4.38. The van der Waals surface area contributed by atoms with Gasteiger partial charge in [0.2, 0.25) is 6.79 Å². The van der Waals surface area contributed by atoms with E-state index in [1.165, 1.54) is 22.6 Å². The molecular formula is C30H28N2O5S. The number of nitrogens with one attached hydrogen (secondary N) is 1. The standard InChI is InChI=1S/C30H28N2O5S/c1-2-35-30(34)27-20-10-5-3-4-6-12-26(20)38-29(27)32-28(33)21-16-23(31-22-11-8-7-9-19(21)22)18-13-14-24-25(15-18)37-17-36-24/h7-9,11,13-16H,2-6,10,12,17H2,1H3,(H,32,33). The van der Waals surface area contributed by atoms with E-state index in [9.17, 15) is 9.59 Å². The van der Waals surface area contributed by atoms with Crippen LogP contribution < -0.4 is 14.8 Å². The van der Waals surface area contributed by atoms with E-state index in [4.69, 9.17) is 19.2 Å². The van der Waals surface area contributed by atoms with E-state index in [-0.39, 0.29) is 25.3 Å². The molecule has 0 radical (unpaired) electrons. The normalized spacial score (nSPS) is 14.4. The van der Waals surface area contributed by atoms with Crippen LogP contribution in [0.2, 0.25) is 0 Å². The maximum Gasteiger partial charge on any atom is 0.341 e. The zero-order valence-electron chi connectivity index (χ0n) is 21.2. The Morgan fingerprint density at radius 2 is 1.82 bits per heavy atom. The number of esters is 1. The molecule has 1 aliphatic heterocycles. The van der Waals surface area contributed by atoms with Crippen molar-refractivity contribution < 1.29 is 23.8 Å². The van der Waals surface area contributed by atoms with Crippen LogP contribution in [0.15, 0.2) is 48.5 Å². The van der Waals surface area contributed by atoms with E-state index in [1.54, 1.807) is 13.0 Å². The predicted octanol–water partition coefficient (Wildman–Crippen LogP) is 6.78. The van der Waals surface area contributed by atoms with Gasteiger partial charge in [0.15, 0.2) is 11.5 Å². The molecule has 0 spiro atoms. The van der Waals surface area contributed by atoms with Crippen molar-refractivity contribution in [3.8, 4) is 22.8 Å². The number of nitrogens with zero attached hydrogens (tertiary/aromatic N) is 1. The monoisotopic (exact) mass is 528 g/mol. The van der Waals surface area contributed by atoms with Gasteiger partial charge < -0.3 is 19.5 Å². The first-order valence-electron chi connectivity index (χ1n) is 13.0. The van der Waals surface area contributed by atoms with E-state index in [2.05, 4.69) is 5.32 Å². The third kappa shape index (κ3) is 4.60. The number of ether oxygens (including phenoxy) is 3. The third-order valence-corrected chi connectivity index (χ3v) is 8.21. The van der Waals surface area contributed by atoms with Gasteiger partial charge in [-0.15, -0.1) is 11.3 Å². The molecule has 194 valence electrons. The number of aryl methyl sites for hydroxylation is 1. The first-order valence-corrected chi connectivity index (χ1v) is 13.9. The number of thiophene rings is 1. The Kier molecular flexibility index (Phi) is 6.72. The van der Waals surface area contributed by atoms with E-state index >= 15 is 0 Å². The van der Waals surface area contributed by atoms with Crippen LogP contribution in [0, 0.1) is 0 Å². The molecule has 3 heterocycles. The molecule has 0 bridgehead atoms. The molecule has 1 aliphatic carbocycles. The fraction of sp³-hybridized carbons (Fsp3) is 0.300. The van der Waals surface area contributed by atoms with Crippen LogP contribution in [0.4, 0.5) is 5.00 Å². The molecule has 0 saturated heterocycles. The molecule has 1 N–H and O–H groups in total. The molecular weight excluding hydrogens is 500 g/mol. The number of fused-ring (bicyclic) bond motifs is 3. The summed E-state index contributed by atoms with van der Waals surface area (Å²) in [4.78, 5) is 32.9. The second-order valence-corrected chi connectivity index (χ2v) is 10.5. The van der Waals surface area contributed by atoms with Crippen molar-refractivity contribution in [2.45, 2.75) is 45.4 Å². The van der Waals surface area contributed by atoms with Gasteiger partial charge in [-0.1, -0.05) is 31.0 Å². The molecule has 0 atom stereocenters. The topological polar surface area (TPSA) is 86.8 Å². The predicted molar refractivity (Wildman–Crippen MR) is 147 cm³/mol. The molecule has 8 heteroatoms. The lowest BCUT2D eigenvalue weighted by molar-refractivity contribution is 0.0526. The fourth-order valence-corrected chi connectivity index (χ4v) is 6.44. The molecule has 2 aromatic heterocycles. The smallest absolute Gasteiger partial charge is 0.341 e. The van der Waals surface area contributed by atoms with Crippen LogP contribution in [-0.4, -0.2) is 30.3 Å². The summed E-state index contributed by atoms with van der Waals surface area (Å²) in [7, 11) is 0. The van der Waals surface area contributed by atoms with Gasteiger partial charge in [0, 0.05) is 15.8 Å². The average Bonchev–Trinajstić information content (AvgIpc) is 3.51. The van der Waals surface area contributed by atoms with Crippen molar-refractivity contribution in [2.24, 2.45) is 0 Å². The van der Waals surface area contributed by atoms with E-state index < -0.39 is 0 Å². The quantitative estimate of drug-likeness (QED) is 0.287. The van der Waals surface area contributed by atoms with Crippen LogP contribution in [0.25, 0.3) is 22.2 Å². The Hall–Kier alpha value is -3.91. The molecule has 0 unspecified atom stereocenters. The van der Waals surface area contributed by atoms with Crippen LogP contribution in [0.1, 0.15) is 63.8 Å². The minimum absolute atomic E-state index is 0.186. The highest BCUT2D eigenvalue weighted by Crippen LogP contribution is 2.39. The van der Waals surface area contributed by atoms with Gasteiger partial charge >= 0.3 is 5.97 Å². The Morgan fingerprint density at radius 1 is 1.00 bits per heavy atom. The minimum atomic E-state index is -0.374. The van der Waals surface area contributed by atoms with Crippen LogP contribution in [0.3, 0.4) is 0 Å². The highest BCUT2D eigenvalue weighted by molar-refractivity contribution is 7.17. The number of amides is 1. The lowest BCUT2D eigenvalue weighted by atomic mass is 9.96. The molecule has 2 aromatic carbocycles. The number of hydrogen-bond donors (Lipinski definition) is 1. The second-order valence-electron chi connectivity index (χ2n) is 9.44. The highest BCUT2D eigenvalue weighted by Gasteiger charge is 2.27. The summed E-state index contributed by atoms with van der Waals surface area (Å²) in [5.41, 5.74) is 4.20. The number of hydrogen-bond acceptors (Lipinski definition) is 7. The van der Waals surface area contributed by atoms with Crippen LogP contribution >= 0.6 is 11.3 Å². The Balaban J connectivity index is 1.41. The summed E-state index contributed by atoms with van der Waals surface area (Å²) < 4.78 is 16.4. The number of para-hydroxylation sites is 1. The summed E-state index contributed by atoms with van der Waals surface area (Å²) in [5.74, 6) is 0.678. The molecule has 6 rings (SSSR count). The van der Waals surface area contributed by atoms with E-state index in [0.717, 1.165) is 48.6 Å². The summed E-state index contributed by atoms with van der Waals surface area (Å²) in [6, 6.07) is 15.0. The van der Waals surface area contributed by atoms with Gasteiger partial charge in [0.25, 0.3) is 5.91 Å². The number of carbonyl (C=O) groups is 2. The second kappa shape index (κ2) is 10.5. The molecule has 38 heavy (non-hydrogen) atoms. The summed E-state index contributed by atoms with van der Waals surface area (Å²) in [6.45, 7) is 2.27. The Morgan fingerprint density at radius 3 is 2.68 bits per heavy atom. The first kappa shape index (κ1) is 24.4. The van der Waals surface area contributed by atoms with Crippen molar-refractivity contribution in [3.63, 3.8) is 0 Å². The molecule has 1 amide bonds. The van der Waals surface area contributed by atoms with E-state index in [0.29, 0.717) is 38.8 Å². The third-order valence-electron chi connectivity index (χ3n) is 7.01. The van der Waals surface area contributed by atoms with Gasteiger partial charge in [-0.2, -0.15) is 0 Å². The zero-order valence-corrected chi connectivity index (χ0v) is 22.0. The van der Waals surface area contributed by atoms with Gasteiger partial charge in [-0.3, -0.25) is 4.79 Å². The highest BCUT2D eigenvalue weighted by atomic mass is 32.1. The zero-order chi connectivity index (χ0) is 26.1. The number of carbonyl (C=O) groups excluding carboxylic acids is 2. The Bertz CT molecular complexity index is 1540. The number of aromatic nitrogens is 1. The number of rotatable bonds is 5. The molecule has 4 aromatic rings. The first-order chi connectivity index (χ1) is 18.6. The van der Waals surface area contributed by atoms with Gasteiger partial charge in [-0.05, 0) is 68.5 Å². The van der Waals surface area contributed by atoms with Gasteiger partial charge in [0.05, 0.1) is 28.9 Å². The number of anilines is 1. The maximum atomic E-state index is 13.9. The van der Waals surface area contributed by atoms with Crippen molar-refractivity contribution in [1.82, 2.24) is 4.98 Å². The van der Waals surface area contributed by atoms with Crippen LogP contribution in [0.5, 0.6) is 11.5 Å². The van der Waals surface area contributed by atoms with Crippen molar-refractivity contribution in [1.29, 1.82) is 0 Å². The molecule has 2 aliphatic rings. The van der Waals surface area contributed by atoms with Crippen molar-refractivity contribution in [2.75, 3.05) is 18.7 Å². The van der Waals surface area contributed by atoms with Crippen LogP contribution in [-0.2, 0) is 17.6 Å². The number of benzene rings is 2. The Labute approximate surface area is 224 Å². The summed E-state index contributed by atoms with van der Waals surface area (Å²) in [6.07, 6.45) is 6.16. The summed E-state index contributed by atoms with van der Waals surface area (Å²) >= 11 is 1.50. The van der Waals surface area contributed by atoms with Crippen molar-refractivity contribution >= 4 is 39.1 Å². The maximum absolute atomic E-state index is 13.9. The lowest BCUT2D eigenvalue weighted by Gasteiger charge is -2.12. The van der Waals surface area contributed by atoms with Crippen molar-refractivity contribution in [3.05, 3.63) is 70.1 Å². The molecule has 0 fully saturated rings. The largest absolute Gasteiger partial charge is 0.462 e. The van der Waals surface area contributed by atoms with E-state index in [1.807, 2.05) is 42.5 Å². The fourth-order valence-electron chi connectivity index (χ4n) is 5.16. The minimum Gasteiger partial charge on any atom is -0.462 e. The lowest BCUT2D eigenvalue weighted by Crippen LogP contribution is -2.16. The molecule has 7 nitrogen and oxygen atoms in total. The van der Waals surface area contributed by atoms with Gasteiger partial charge in [0.1, 0.15) is 5.00 Å². The van der Waals surface area contributed by atoms with Gasteiger partial charge in [-0.25, -0.2) is 9.78 Å². The number of pyridine rings is 1. The SMILES string of the molecule is CCOC(=O)c1c(NC(=O)c2cc(-c3ccc4c(c3)OCO4)nc3ccccc23)sc2c1CCCCCC2.